The highest BCUT2D eigenvalue weighted by molar-refractivity contribution is 8.00. The Bertz CT molecular complexity index is 1080. The lowest BCUT2D eigenvalue weighted by atomic mass is 10.1. The summed E-state index contributed by atoms with van der Waals surface area (Å²) in [5.41, 5.74) is 4.24. The maximum Gasteiger partial charge on any atom is 0.326 e. The third-order valence-corrected chi connectivity index (χ3v) is 8.35. The topological polar surface area (TPSA) is 197 Å². The first kappa shape index (κ1) is 38.6. The summed E-state index contributed by atoms with van der Waals surface area (Å²) < 4.78 is 4.65. The number of carbonyl (C=O) groups excluding carboxylic acids is 3. The van der Waals surface area contributed by atoms with Gasteiger partial charge >= 0.3 is 17.9 Å². The molecular weight excluding hydrogens is 590 g/mol. The van der Waals surface area contributed by atoms with Gasteiger partial charge in [-0.05, 0) is 38.5 Å². The van der Waals surface area contributed by atoms with Crippen molar-refractivity contribution in [2.75, 3.05) is 19.4 Å². The van der Waals surface area contributed by atoms with Crippen LogP contribution in [0.25, 0.3) is 0 Å². The van der Waals surface area contributed by atoms with Gasteiger partial charge in [0.25, 0.3) is 5.91 Å². The number of allylic oxidation sites excluding steroid dienone is 7. The number of likely N-dealkylation sites (tertiary alicyclic amines) is 1. The van der Waals surface area contributed by atoms with E-state index in [1.165, 1.54) is 26.4 Å². The summed E-state index contributed by atoms with van der Waals surface area (Å²) in [5.74, 6) is -5.13. The second-order valence-corrected chi connectivity index (χ2v) is 11.5. The summed E-state index contributed by atoms with van der Waals surface area (Å²) in [6, 6.07) is -1.37. The number of aliphatic carboxylic acids is 2. The zero-order valence-electron chi connectivity index (χ0n) is 25.6. The van der Waals surface area contributed by atoms with Crippen molar-refractivity contribution in [2.45, 2.75) is 94.2 Å². The van der Waals surface area contributed by atoms with Gasteiger partial charge in [0.2, 0.25) is 5.91 Å². The van der Waals surface area contributed by atoms with Crippen LogP contribution < -0.4 is 11.1 Å². The molecule has 1 fully saturated rings. The predicted octanol–water partition coefficient (Wildman–Crippen LogP) is 2.92. The molecule has 0 unspecified atom stereocenters. The molecule has 1 saturated heterocycles. The average molecular weight is 638 g/mol. The van der Waals surface area contributed by atoms with Crippen LogP contribution >= 0.6 is 11.8 Å². The van der Waals surface area contributed by atoms with Gasteiger partial charge in [-0.25, -0.2) is 4.79 Å². The predicted molar refractivity (Wildman–Crippen MR) is 169 cm³/mol. The van der Waals surface area contributed by atoms with E-state index in [1.54, 1.807) is 18.2 Å². The molecule has 0 spiro atoms. The first-order chi connectivity index (χ1) is 21.0. The minimum atomic E-state index is -2.21. The first-order valence-corrected chi connectivity index (χ1v) is 15.9. The van der Waals surface area contributed by atoms with Gasteiger partial charge in [0.1, 0.15) is 12.6 Å². The molecule has 2 amide bonds. The fourth-order valence-electron chi connectivity index (χ4n) is 4.48. The van der Waals surface area contributed by atoms with Crippen LogP contribution in [0.1, 0.15) is 71.1 Å². The molecule has 1 aliphatic heterocycles. The van der Waals surface area contributed by atoms with Crippen molar-refractivity contribution >= 4 is 41.5 Å². The van der Waals surface area contributed by atoms with E-state index in [9.17, 15) is 34.2 Å². The Kier molecular flexibility index (Phi) is 18.7. The molecular formula is C31H47N3O9S. The summed E-state index contributed by atoms with van der Waals surface area (Å²) in [7, 11) is 1.27. The SMILES string of the molecule is CCCCC/C=C\C\C=C/C=C\C=C/[C@@H](SC[C@@](N)(C(=O)NCC(=O)O)N1C(=O)CC[C@H]1C(=O)O)[C@@H](O)CCCC(=O)OC. The number of methoxy groups -OCH3 is 1. The fraction of sp³-hybridized carbons (Fsp3) is 0.581. The van der Waals surface area contributed by atoms with E-state index in [1.807, 2.05) is 18.2 Å². The van der Waals surface area contributed by atoms with Gasteiger partial charge in [0, 0.05) is 23.8 Å². The van der Waals surface area contributed by atoms with Crippen LogP contribution in [0.5, 0.6) is 0 Å². The van der Waals surface area contributed by atoms with Crippen molar-refractivity contribution in [2.24, 2.45) is 5.73 Å². The Morgan fingerprint density at radius 1 is 1.11 bits per heavy atom. The van der Waals surface area contributed by atoms with Gasteiger partial charge in [-0.1, -0.05) is 68.4 Å². The maximum atomic E-state index is 13.2. The number of nitrogens with one attached hydrogen (secondary N) is 1. The molecule has 13 heteroatoms. The Morgan fingerprint density at radius 2 is 1.84 bits per heavy atom. The Labute approximate surface area is 263 Å². The number of unbranched alkanes of at least 4 members (excludes halogenated alkanes) is 3. The van der Waals surface area contributed by atoms with Crippen LogP contribution in [-0.2, 0) is 28.7 Å². The molecule has 1 aliphatic rings. The van der Waals surface area contributed by atoms with E-state index in [0.717, 1.165) is 29.5 Å². The zero-order chi connectivity index (χ0) is 33.0. The highest BCUT2D eigenvalue weighted by Crippen LogP contribution is 2.31. The molecule has 246 valence electrons. The number of aliphatic hydroxyl groups is 1. The Morgan fingerprint density at radius 3 is 2.50 bits per heavy atom. The highest BCUT2D eigenvalue weighted by Gasteiger charge is 2.51. The van der Waals surface area contributed by atoms with Crippen molar-refractivity contribution in [3.63, 3.8) is 0 Å². The van der Waals surface area contributed by atoms with Crippen molar-refractivity contribution in [3.8, 4) is 0 Å². The minimum absolute atomic E-state index is 0.0591. The lowest BCUT2D eigenvalue weighted by molar-refractivity contribution is -0.155. The van der Waals surface area contributed by atoms with Crippen LogP contribution in [-0.4, -0.2) is 92.4 Å². The number of amides is 2. The average Bonchev–Trinajstić information content (AvgIpc) is 3.39. The molecule has 12 nitrogen and oxygen atoms in total. The smallest absolute Gasteiger partial charge is 0.326 e. The largest absolute Gasteiger partial charge is 0.480 e. The van der Waals surface area contributed by atoms with Gasteiger partial charge in [-0.15, -0.1) is 11.8 Å². The van der Waals surface area contributed by atoms with Crippen LogP contribution in [0.2, 0.25) is 0 Å². The molecule has 0 radical (unpaired) electrons. The molecule has 1 heterocycles. The quantitative estimate of drug-likeness (QED) is 0.0507. The number of rotatable bonds is 22. The molecule has 0 aromatic rings. The fourth-order valence-corrected chi connectivity index (χ4v) is 5.75. The number of esters is 1. The van der Waals surface area contributed by atoms with Crippen molar-refractivity contribution < 1.29 is 44.0 Å². The summed E-state index contributed by atoms with van der Waals surface area (Å²) in [6.07, 6.45) is 20.0. The molecule has 0 aliphatic carbocycles. The molecule has 4 atom stereocenters. The molecule has 0 aromatic heterocycles. The third kappa shape index (κ3) is 13.9. The van der Waals surface area contributed by atoms with Gasteiger partial charge in [0.05, 0.1) is 13.2 Å². The molecule has 0 aromatic carbocycles. The van der Waals surface area contributed by atoms with Gasteiger partial charge in [-0.2, -0.15) is 0 Å². The summed E-state index contributed by atoms with van der Waals surface area (Å²) >= 11 is 1.02. The molecule has 6 N–H and O–H groups in total. The lowest BCUT2D eigenvalue weighted by Gasteiger charge is -2.39. The van der Waals surface area contributed by atoms with Crippen LogP contribution in [0.3, 0.4) is 0 Å². The summed E-state index contributed by atoms with van der Waals surface area (Å²) in [6.45, 7) is 1.39. The van der Waals surface area contributed by atoms with E-state index in [-0.39, 0.29) is 31.4 Å². The number of nitrogens with zero attached hydrogens (tertiary/aromatic N) is 1. The van der Waals surface area contributed by atoms with Gasteiger partial charge < -0.3 is 30.3 Å². The Hall–Kier alpha value is -3.42. The number of nitrogens with two attached hydrogens (primary N) is 1. The second-order valence-electron chi connectivity index (χ2n) is 10.4. The molecule has 44 heavy (non-hydrogen) atoms. The van der Waals surface area contributed by atoms with Crippen molar-refractivity contribution in [1.82, 2.24) is 10.2 Å². The van der Waals surface area contributed by atoms with E-state index >= 15 is 0 Å². The third-order valence-electron chi connectivity index (χ3n) is 6.89. The number of carboxylic acids is 2. The number of carbonyl (C=O) groups is 5. The zero-order valence-corrected chi connectivity index (χ0v) is 26.4. The van der Waals surface area contributed by atoms with Crippen LogP contribution in [0.15, 0.2) is 48.6 Å². The van der Waals surface area contributed by atoms with Crippen molar-refractivity contribution in [3.05, 3.63) is 48.6 Å². The van der Waals surface area contributed by atoms with E-state index in [4.69, 9.17) is 10.8 Å². The highest BCUT2D eigenvalue weighted by atomic mass is 32.2. The lowest BCUT2D eigenvalue weighted by Crippen LogP contribution is -2.70. The summed E-state index contributed by atoms with van der Waals surface area (Å²) in [4.78, 5) is 61.2. The Balaban J connectivity index is 3.09. The van der Waals surface area contributed by atoms with Gasteiger partial charge in [0.15, 0.2) is 5.66 Å². The normalized spacial score (nSPS) is 18.3. The van der Waals surface area contributed by atoms with E-state index in [0.29, 0.717) is 6.42 Å². The molecule has 0 bridgehead atoms. The van der Waals surface area contributed by atoms with E-state index < -0.39 is 59.3 Å². The maximum absolute atomic E-state index is 13.2. The van der Waals surface area contributed by atoms with Crippen molar-refractivity contribution in [1.29, 1.82) is 0 Å². The number of aliphatic hydroxyl groups excluding tert-OH is 1. The number of thioether (sulfide) groups is 1. The molecule has 0 saturated carbocycles. The summed E-state index contributed by atoms with van der Waals surface area (Å²) in [5, 5.41) is 31.2. The molecule has 1 rings (SSSR count). The monoisotopic (exact) mass is 637 g/mol. The van der Waals surface area contributed by atoms with E-state index in [2.05, 4.69) is 29.1 Å². The number of carboxylic acid groups (broad SMARTS) is 2. The first-order valence-electron chi connectivity index (χ1n) is 14.8. The number of hydrogen-bond donors (Lipinski definition) is 5. The standard InChI is InChI=1S/C31H47N3O9S/c1-3-4-5-6-7-8-9-10-11-12-13-14-17-25(24(35)16-15-18-28(39)43-2)44-22-31(32,30(42)33-21-27(37)38)34-23(29(40)41)19-20-26(34)36/h7-8,10-14,17,23-25,35H,3-6,9,15-16,18-22,32H2,1-2H3,(H,33,42)(H,37,38)(H,40,41)/b8-7-,11-10-,13-12-,17-14-/t23-,24-,25+,31-/m0/s1. The second kappa shape index (κ2) is 21.3. The van der Waals surface area contributed by atoms with Gasteiger partial charge in [-0.3, -0.25) is 24.9 Å². The number of hydrogen-bond acceptors (Lipinski definition) is 9. The van der Waals surface area contributed by atoms with Crippen LogP contribution in [0, 0.1) is 0 Å². The number of ether oxygens (including phenoxy) is 1. The van der Waals surface area contributed by atoms with Crippen LogP contribution in [0.4, 0.5) is 0 Å². The minimum Gasteiger partial charge on any atom is -0.480 e.